The van der Waals surface area contributed by atoms with Gasteiger partial charge in [0.15, 0.2) is 18.1 Å². The van der Waals surface area contributed by atoms with Crippen molar-refractivity contribution in [3.05, 3.63) is 59.2 Å². The second-order valence-electron chi connectivity index (χ2n) is 7.09. The third-order valence-corrected chi connectivity index (χ3v) is 4.52. The lowest BCUT2D eigenvalue weighted by molar-refractivity contribution is -0.142. The van der Waals surface area contributed by atoms with Crippen LogP contribution in [0.15, 0.2) is 42.5 Å². The van der Waals surface area contributed by atoms with Crippen LogP contribution in [0.2, 0.25) is 0 Å². The van der Waals surface area contributed by atoms with Crippen LogP contribution in [0, 0.1) is 6.92 Å². The third-order valence-electron chi connectivity index (χ3n) is 4.52. The molecule has 1 amide bonds. The van der Waals surface area contributed by atoms with E-state index < -0.39 is 5.97 Å². The molecule has 0 radical (unpaired) electrons. The summed E-state index contributed by atoms with van der Waals surface area (Å²) in [5, 5.41) is 2.85. The molecule has 0 atom stereocenters. The number of fused-ring (bicyclic) bond motifs is 1. The number of anilines is 1. The summed E-state index contributed by atoms with van der Waals surface area (Å²) in [7, 11) is 0. The molecule has 6 heteroatoms. The Balaban J connectivity index is 1.54. The Kier molecular flexibility index (Phi) is 6.54. The molecule has 152 valence electrons. The van der Waals surface area contributed by atoms with Crippen molar-refractivity contribution in [2.45, 2.75) is 26.7 Å². The molecule has 6 nitrogen and oxygen atoms in total. The van der Waals surface area contributed by atoms with Crippen LogP contribution < -0.4 is 14.8 Å². The first kappa shape index (κ1) is 20.5. The maximum atomic E-state index is 12.2. The van der Waals surface area contributed by atoms with E-state index in [4.69, 9.17) is 14.2 Å². The van der Waals surface area contributed by atoms with Crippen molar-refractivity contribution < 1.29 is 23.8 Å². The lowest BCUT2D eigenvalue weighted by Gasteiger charge is -2.18. The molecule has 0 spiro atoms. The number of nitrogens with one attached hydrogen (secondary N) is 1. The Morgan fingerprint density at radius 2 is 1.90 bits per heavy atom. The summed E-state index contributed by atoms with van der Waals surface area (Å²) in [6.45, 7) is 6.73. The minimum atomic E-state index is -0.594. The summed E-state index contributed by atoms with van der Waals surface area (Å²) in [6.07, 6.45) is 2.89. The van der Waals surface area contributed by atoms with Crippen LogP contribution in [0.3, 0.4) is 0 Å². The maximum absolute atomic E-state index is 12.2. The van der Waals surface area contributed by atoms with E-state index in [2.05, 4.69) is 19.2 Å². The molecule has 2 aromatic rings. The molecule has 2 aromatic carbocycles. The molecule has 3 rings (SSSR count). The number of carbonyl (C=O) groups excluding carboxylic acids is 2. The van der Waals surface area contributed by atoms with Crippen molar-refractivity contribution in [1.29, 1.82) is 0 Å². The summed E-state index contributed by atoms with van der Waals surface area (Å²) in [6, 6.07) is 11.3. The van der Waals surface area contributed by atoms with Crippen LogP contribution in [0.1, 0.15) is 36.5 Å². The molecule has 0 aliphatic carbocycles. The third kappa shape index (κ3) is 5.38. The molecule has 0 saturated carbocycles. The van der Waals surface area contributed by atoms with Crippen LogP contribution in [0.4, 0.5) is 5.69 Å². The number of carbonyl (C=O) groups is 2. The number of hydrogen-bond acceptors (Lipinski definition) is 5. The van der Waals surface area contributed by atoms with Gasteiger partial charge in [0.05, 0.1) is 0 Å². The summed E-state index contributed by atoms with van der Waals surface area (Å²) >= 11 is 0. The summed E-state index contributed by atoms with van der Waals surface area (Å²) in [4.78, 5) is 24.2. The first-order chi connectivity index (χ1) is 13.9. The van der Waals surface area contributed by atoms with Crippen molar-refractivity contribution in [3.63, 3.8) is 0 Å². The van der Waals surface area contributed by atoms with Crippen LogP contribution in [0.5, 0.6) is 11.5 Å². The quantitative estimate of drug-likeness (QED) is 0.589. The highest BCUT2D eigenvalue weighted by Crippen LogP contribution is 2.31. The van der Waals surface area contributed by atoms with Crippen molar-refractivity contribution in [2.24, 2.45) is 0 Å². The minimum Gasteiger partial charge on any atom is -0.486 e. The van der Waals surface area contributed by atoms with Gasteiger partial charge in [0.1, 0.15) is 13.2 Å². The predicted molar refractivity (Wildman–Crippen MR) is 111 cm³/mol. The number of hydrogen-bond donors (Lipinski definition) is 1. The highest BCUT2D eigenvalue weighted by molar-refractivity contribution is 5.95. The van der Waals surface area contributed by atoms with E-state index in [1.54, 1.807) is 18.2 Å². The van der Waals surface area contributed by atoms with Gasteiger partial charge >= 0.3 is 5.97 Å². The zero-order chi connectivity index (χ0) is 20.8. The number of rotatable bonds is 6. The van der Waals surface area contributed by atoms with E-state index in [-0.39, 0.29) is 18.4 Å². The second-order valence-corrected chi connectivity index (χ2v) is 7.09. The van der Waals surface area contributed by atoms with Gasteiger partial charge in [0.2, 0.25) is 0 Å². The Bertz CT molecular complexity index is 933. The topological polar surface area (TPSA) is 73.9 Å². The molecular formula is C23H25NO5. The standard InChI is InChI=1S/C23H25NO5/c1-15(2)18-6-4-5-16(3)23(18)24-21(25)14-29-22(26)10-8-17-7-9-19-20(13-17)28-12-11-27-19/h4-10,13,15H,11-12,14H2,1-3H3,(H,24,25)/b10-8+. The van der Waals surface area contributed by atoms with E-state index in [0.29, 0.717) is 24.7 Å². The molecule has 0 aromatic heterocycles. The summed E-state index contributed by atoms with van der Waals surface area (Å²) < 4.78 is 16.0. The number of aryl methyl sites for hydroxylation is 1. The fraction of sp³-hybridized carbons (Fsp3) is 0.304. The van der Waals surface area contributed by atoms with Gasteiger partial charge in [-0.2, -0.15) is 0 Å². The molecule has 0 unspecified atom stereocenters. The van der Waals surface area contributed by atoms with Gasteiger partial charge in [-0.25, -0.2) is 4.79 Å². The minimum absolute atomic E-state index is 0.265. The molecule has 29 heavy (non-hydrogen) atoms. The maximum Gasteiger partial charge on any atom is 0.331 e. The highest BCUT2D eigenvalue weighted by Gasteiger charge is 2.13. The first-order valence-corrected chi connectivity index (χ1v) is 9.58. The van der Waals surface area contributed by atoms with Crippen molar-refractivity contribution >= 4 is 23.6 Å². The molecule has 0 fully saturated rings. The number of benzene rings is 2. The van der Waals surface area contributed by atoms with E-state index in [9.17, 15) is 9.59 Å². The smallest absolute Gasteiger partial charge is 0.331 e. The van der Waals surface area contributed by atoms with Crippen LogP contribution >= 0.6 is 0 Å². The van der Waals surface area contributed by atoms with Gasteiger partial charge < -0.3 is 19.5 Å². The molecule has 1 aliphatic heterocycles. The zero-order valence-corrected chi connectivity index (χ0v) is 16.9. The van der Waals surface area contributed by atoms with E-state index in [1.807, 2.05) is 31.2 Å². The monoisotopic (exact) mass is 395 g/mol. The number of esters is 1. The highest BCUT2D eigenvalue weighted by atomic mass is 16.6. The first-order valence-electron chi connectivity index (χ1n) is 9.58. The molecule has 1 N–H and O–H groups in total. The molecule has 1 heterocycles. The predicted octanol–water partition coefficient (Wildman–Crippen LogP) is 4.08. The van der Waals surface area contributed by atoms with Gasteiger partial charge in [-0.15, -0.1) is 0 Å². The second kappa shape index (κ2) is 9.28. The zero-order valence-electron chi connectivity index (χ0n) is 16.9. The van der Waals surface area contributed by atoms with Crippen LogP contribution in [-0.2, 0) is 14.3 Å². The van der Waals surface area contributed by atoms with Crippen molar-refractivity contribution in [2.75, 3.05) is 25.1 Å². The van der Waals surface area contributed by atoms with Crippen molar-refractivity contribution in [1.82, 2.24) is 0 Å². The Morgan fingerprint density at radius 1 is 1.14 bits per heavy atom. The van der Waals surface area contributed by atoms with Gasteiger partial charge in [-0.3, -0.25) is 4.79 Å². The fourth-order valence-electron chi connectivity index (χ4n) is 3.03. The average Bonchev–Trinajstić information content (AvgIpc) is 2.71. The van der Waals surface area contributed by atoms with E-state index in [0.717, 1.165) is 22.4 Å². The van der Waals surface area contributed by atoms with Gasteiger partial charge in [0, 0.05) is 11.8 Å². The Labute approximate surface area is 170 Å². The average molecular weight is 395 g/mol. The molecule has 1 aliphatic rings. The van der Waals surface area contributed by atoms with Crippen molar-refractivity contribution in [3.8, 4) is 11.5 Å². The lowest BCUT2D eigenvalue weighted by atomic mass is 9.98. The summed E-state index contributed by atoms with van der Waals surface area (Å²) in [5.41, 5.74) is 3.56. The van der Waals surface area contributed by atoms with E-state index in [1.165, 1.54) is 6.08 Å². The molecular weight excluding hydrogens is 370 g/mol. The SMILES string of the molecule is Cc1cccc(C(C)C)c1NC(=O)COC(=O)/C=C/c1ccc2c(c1)OCCO2. The van der Waals surface area contributed by atoms with Gasteiger partial charge in [0.25, 0.3) is 5.91 Å². The lowest BCUT2D eigenvalue weighted by Crippen LogP contribution is -2.21. The molecule has 0 bridgehead atoms. The van der Waals surface area contributed by atoms with Crippen LogP contribution in [0.25, 0.3) is 6.08 Å². The van der Waals surface area contributed by atoms with Crippen LogP contribution in [-0.4, -0.2) is 31.7 Å². The summed E-state index contributed by atoms with van der Waals surface area (Å²) in [5.74, 6) is 0.628. The number of amides is 1. The Morgan fingerprint density at radius 3 is 2.66 bits per heavy atom. The van der Waals surface area contributed by atoms with Gasteiger partial charge in [-0.1, -0.05) is 38.1 Å². The fourth-order valence-corrected chi connectivity index (χ4v) is 3.03. The number of para-hydroxylation sites is 1. The number of ether oxygens (including phenoxy) is 3. The largest absolute Gasteiger partial charge is 0.486 e. The molecule has 0 saturated heterocycles. The normalized spacial score (nSPS) is 12.8. The van der Waals surface area contributed by atoms with E-state index >= 15 is 0 Å². The Hall–Kier alpha value is -3.28. The van der Waals surface area contributed by atoms with Gasteiger partial charge in [-0.05, 0) is 47.7 Å².